The first-order chi connectivity index (χ1) is 11.9. The number of aromatic nitrogens is 1. The minimum Gasteiger partial charge on any atom is -0.307 e. The number of pyridine rings is 1. The van der Waals surface area contributed by atoms with Gasteiger partial charge in [-0.25, -0.2) is 14.7 Å². The first-order valence-corrected chi connectivity index (χ1v) is 9.07. The van der Waals surface area contributed by atoms with Crippen LogP contribution in [0.5, 0.6) is 0 Å². The third kappa shape index (κ3) is 4.14. The van der Waals surface area contributed by atoms with Crippen molar-refractivity contribution < 1.29 is 4.79 Å². The number of amides is 2. The summed E-state index contributed by atoms with van der Waals surface area (Å²) in [7, 11) is 0. The average molecular weight is 375 g/mol. The fourth-order valence-electron chi connectivity index (χ4n) is 2.38. The molecule has 0 saturated heterocycles. The van der Waals surface area contributed by atoms with Gasteiger partial charge in [0, 0.05) is 21.7 Å². The number of anilines is 2. The van der Waals surface area contributed by atoms with Crippen LogP contribution in [0, 0.1) is 6.92 Å². The molecule has 7 heteroatoms. The SMILES string of the molecule is Cc1cccnc1N(C(=O)Nc1ccc(Cl)cc1)C1=NCC(C)(C)S1. The molecule has 3 rings (SSSR count). The molecule has 1 N–H and O–H groups in total. The molecule has 0 spiro atoms. The second-order valence-electron chi connectivity index (χ2n) is 6.38. The highest BCUT2D eigenvalue weighted by Gasteiger charge is 2.34. The van der Waals surface area contributed by atoms with Gasteiger partial charge in [-0.3, -0.25) is 4.99 Å². The van der Waals surface area contributed by atoms with Gasteiger partial charge < -0.3 is 5.32 Å². The number of carbonyl (C=O) groups excluding carboxylic acids is 1. The number of aliphatic imine (C=N–C) groups is 1. The molecule has 0 bridgehead atoms. The number of nitrogens with one attached hydrogen (secondary N) is 1. The normalized spacial score (nSPS) is 15.6. The lowest BCUT2D eigenvalue weighted by Crippen LogP contribution is -2.39. The van der Waals surface area contributed by atoms with Crippen LogP contribution in [0.25, 0.3) is 0 Å². The Kier molecular flexibility index (Phi) is 5.01. The highest BCUT2D eigenvalue weighted by Crippen LogP contribution is 2.35. The van der Waals surface area contributed by atoms with Gasteiger partial charge in [0.25, 0.3) is 0 Å². The Hall–Kier alpha value is -2.05. The molecule has 1 aromatic heterocycles. The zero-order valence-electron chi connectivity index (χ0n) is 14.3. The number of halogens is 1. The molecule has 0 saturated carbocycles. The lowest BCUT2D eigenvalue weighted by atomic mass is 10.2. The summed E-state index contributed by atoms with van der Waals surface area (Å²) in [6.07, 6.45) is 1.68. The second-order valence-corrected chi connectivity index (χ2v) is 8.49. The van der Waals surface area contributed by atoms with E-state index in [-0.39, 0.29) is 10.8 Å². The van der Waals surface area contributed by atoms with Crippen LogP contribution in [0.4, 0.5) is 16.3 Å². The largest absolute Gasteiger partial charge is 0.333 e. The molecule has 1 aliphatic rings. The standard InChI is InChI=1S/C18H19ClN4OS/c1-12-5-4-10-20-15(12)23(17-21-11-18(2,3)25-17)16(24)22-14-8-6-13(19)7-9-14/h4-10H,11H2,1-3H3,(H,22,24). The van der Waals surface area contributed by atoms with Crippen LogP contribution < -0.4 is 10.2 Å². The van der Waals surface area contributed by atoms with Gasteiger partial charge in [-0.2, -0.15) is 0 Å². The van der Waals surface area contributed by atoms with Crippen molar-refractivity contribution >= 4 is 46.1 Å². The summed E-state index contributed by atoms with van der Waals surface area (Å²) in [5.74, 6) is 0.581. The van der Waals surface area contributed by atoms with Crippen molar-refractivity contribution in [2.24, 2.45) is 4.99 Å². The van der Waals surface area contributed by atoms with Crippen molar-refractivity contribution in [2.45, 2.75) is 25.5 Å². The minimum absolute atomic E-state index is 0.0448. The van der Waals surface area contributed by atoms with E-state index in [0.717, 1.165) is 5.56 Å². The van der Waals surface area contributed by atoms with Gasteiger partial charge in [-0.15, -0.1) is 0 Å². The first kappa shape index (κ1) is 17.8. The summed E-state index contributed by atoms with van der Waals surface area (Å²) < 4.78 is -0.0448. The number of amidine groups is 1. The molecule has 5 nitrogen and oxygen atoms in total. The molecule has 0 unspecified atom stereocenters. The number of thioether (sulfide) groups is 1. The lowest BCUT2D eigenvalue weighted by molar-refractivity contribution is 0.259. The van der Waals surface area contributed by atoms with Crippen LogP contribution in [-0.2, 0) is 0 Å². The van der Waals surface area contributed by atoms with E-state index in [1.807, 2.05) is 19.1 Å². The molecule has 0 aliphatic carbocycles. The number of rotatable bonds is 2. The van der Waals surface area contributed by atoms with Crippen LogP contribution in [-0.4, -0.2) is 27.5 Å². The fraction of sp³-hybridized carbons (Fsp3) is 0.278. The third-order valence-electron chi connectivity index (χ3n) is 3.65. The number of nitrogens with zero attached hydrogens (tertiary/aromatic N) is 3. The molecule has 2 aromatic rings. The van der Waals surface area contributed by atoms with E-state index in [2.05, 4.69) is 29.1 Å². The van der Waals surface area contributed by atoms with Gasteiger partial charge >= 0.3 is 6.03 Å². The van der Waals surface area contributed by atoms with E-state index >= 15 is 0 Å². The molecule has 130 valence electrons. The van der Waals surface area contributed by atoms with Gasteiger partial charge in [-0.1, -0.05) is 29.4 Å². The lowest BCUT2D eigenvalue weighted by Gasteiger charge is -2.24. The molecule has 0 fully saturated rings. The highest BCUT2D eigenvalue weighted by atomic mass is 35.5. The molecule has 25 heavy (non-hydrogen) atoms. The van der Waals surface area contributed by atoms with E-state index in [4.69, 9.17) is 11.6 Å². The van der Waals surface area contributed by atoms with Gasteiger partial charge in [0.2, 0.25) is 0 Å². The maximum Gasteiger partial charge on any atom is 0.333 e. The van der Waals surface area contributed by atoms with E-state index < -0.39 is 0 Å². The van der Waals surface area contributed by atoms with Crippen molar-refractivity contribution in [1.82, 2.24) is 4.98 Å². The van der Waals surface area contributed by atoms with E-state index in [0.29, 0.717) is 28.2 Å². The van der Waals surface area contributed by atoms with Gasteiger partial charge in [-0.05, 0) is 56.7 Å². The smallest absolute Gasteiger partial charge is 0.307 e. The zero-order valence-corrected chi connectivity index (χ0v) is 15.9. The molecule has 2 amide bonds. The average Bonchev–Trinajstić information content (AvgIpc) is 2.91. The summed E-state index contributed by atoms with van der Waals surface area (Å²) in [5, 5.41) is 4.16. The Bertz CT molecular complexity index is 820. The fourth-order valence-corrected chi connectivity index (χ4v) is 3.52. The Morgan fingerprint density at radius 3 is 2.60 bits per heavy atom. The van der Waals surface area contributed by atoms with Crippen molar-refractivity contribution in [3.63, 3.8) is 0 Å². The predicted octanol–water partition coefficient (Wildman–Crippen LogP) is 4.96. The van der Waals surface area contributed by atoms with Crippen molar-refractivity contribution in [3.8, 4) is 0 Å². The maximum atomic E-state index is 13.0. The molecule has 1 aliphatic heterocycles. The van der Waals surface area contributed by atoms with Crippen LogP contribution in [0.2, 0.25) is 5.02 Å². The van der Waals surface area contributed by atoms with Gasteiger partial charge in [0.1, 0.15) is 5.82 Å². The molecule has 1 aromatic carbocycles. The summed E-state index contributed by atoms with van der Waals surface area (Å²) in [4.78, 5) is 23.5. The molecule has 2 heterocycles. The predicted molar refractivity (Wildman–Crippen MR) is 106 cm³/mol. The van der Waals surface area contributed by atoms with Crippen molar-refractivity contribution in [1.29, 1.82) is 0 Å². The Morgan fingerprint density at radius 2 is 2.00 bits per heavy atom. The zero-order chi connectivity index (χ0) is 18.0. The van der Waals surface area contributed by atoms with Crippen molar-refractivity contribution in [3.05, 3.63) is 53.2 Å². The third-order valence-corrected chi connectivity index (χ3v) is 5.07. The van der Waals surface area contributed by atoms with Crippen LogP contribution >= 0.6 is 23.4 Å². The highest BCUT2D eigenvalue weighted by molar-refractivity contribution is 8.15. The van der Waals surface area contributed by atoms with E-state index in [1.165, 1.54) is 0 Å². The number of urea groups is 1. The number of hydrogen-bond acceptors (Lipinski definition) is 4. The maximum absolute atomic E-state index is 13.0. The topological polar surface area (TPSA) is 57.6 Å². The number of benzene rings is 1. The number of aryl methyl sites for hydroxylation is 1. The number of carbonyl (C=O) groups is 1. The second kappa shape index (κ2) is 7.06. The van der Waals surface area contributed by atoms with E-state index in [1.54, 1.807) is 47.1 Å². The van der Waals surface area contributed by atoms with Crippen LogP contribution in [0.3, 0.4) is 0 Å². The molecule has 0 atom stereocenters. The Labute approximate surface area is 156 Å². The number of hydrogen-bond donors (Lipinski definition) is 1. The minimum atomic E-state index is -0.298. The summed E-state index contributed by atoms with van der Waals surface area (Å²) >= 11 is 7.48. The molecule has 0 radical (unpaired) electrons. The van der Waals surface area contributed by atoms with Crippen molar-refractivity contribution in [2.75, 3.05) is 16.8 Å². The quantitative estimate of drug-likeness (QED) is 0.807. The summed E-state index contributed by atoms with van der Waals surface area (Å²) in [6.45, 7) is 6.79. The molecular weight excluding hydrogens is 356 g/mol. The van der Waals surface area contributed by atoms with Gasteiger partial charge in [0.05, 0.1) is 6.54 Å². The van der Waals surface area contributed by atoms with Crippen LogP contribution in [0.15, 0.2) is 47.6 Å². The Balaban J connectivity index is 1.92. The summed E-state index contributed by atoms with van der Waals surface area (Å²) in [5.41, 5.74) is 1.57. The summed E-state index contributed by atoms with van der Waals surface area (Å²) in [6, 6.07) is 10.5. The first-order valence-electron chi connectivity index (χ1n) is 7.87. The monoisotopic (exact) mass is 374 g/mol. The van der Waals surface area contributed by atoms with Gasteiger partial charge in [0.15, 0.2) is 5.17 Å². The molecular formula is C18H19ClN4OS. The van der Waals surface area contributed by atoms with Crippen LogP contribution in [0.1, 0.15) is 19.4 Å². The van der Waals surface area contributed by atoms with E-state index in [9.17, 15) is 4.79 Å². The Morgan fingerprint density at radius 1 is 1.28 bits per heavy atom.